The first-order valence-corrected chi connectivity index (χ1v) is 9.98. The third-order valence-corrected chi connectivity index (χ3v) is 6.19. The number of carbonyl (C=O) groups is 1. The van der Waals surface area contributed by atoms with Crippen LogP contribution in [0.25, 0.3) is 0 Å². The lowest BCUT2D eigenvalue weighted by atomic mass is 10.2. The maximum absolute atomic E-state index is 12.3. The highest BCUT2D eigenvalue weighted by Crippen LogP contribution is 2.23. The molecule has 1 N–H and O–H groups in total. The molecule has 1 fully saturated rings. The highest BCUT2D eigenvalue weighted by atomic mass is 32.2. The molecule has 6 nitrogen and oxygen atoms in total. The van der Waals surface area contributed by atoms with Gasteiger partial charge in [0.15, 0.2) is 9.84 Å². The number of nitrogens with zero attached hydrogens (tertiary/aromatic N) is 2. The van der Waals surface area contributed by atoms with E-state index in [4.69, 9.17) is 0 Å². The minimum absolute atomic E-state index is 0.0624. The summed E-state index contributed by atoms with van der Waals surface area (Å²) in [5, 5.41) is 2.85. The number of nitrogens with one attached hydrogen (secondary N) is 1. The van der Waals surface area contributed by atoms with Crippen molar-refractivity contribution in [1.29, 1.82) is 0 Å². The number of carbonyl (C=O) groups excluding carboxylic acids is 1. The summed E-state index contributed by atoms with van der Waals surface area (Å²) in [6, 6.07) is 13.1. The van der Waals surface area contributed by atoms with Crippen molar-refractivity contribution in [2.75, 3.05) is 23.5 Å². The summed E-state index contributed by atoms with van der Waals surface area (Å²) in [5.41, 5.74) is 2.13. The summed E-state index contributed by atoms with van der Waals surface area (Å²) in [5.74, 6) is 0.122. The van der Waals surface area contributed by atoms with E-state index in [1.807, 2.05) is 42.3 Å². The average Bonchev–Trinajstić information content (AvgIpc) is 3.00. The van der Waals surface area contributed by atoms with Crippen LogP contribution in [0.15, 0.2) is 48.7 Å². The van der Waals surface area contributed by atoms with Gasteiger partial charge in [0.05, 0.1) is 11.5 Å². The maximum Gasteiger partial charge on any atom is 0.270 e. The van der Waals surface area contributed by atoms with Gasteiger partial charge in [0.2, 0.25) is 0 Å². The Kier molecular flexibility index (Phi) is 5.03. The van der Waals surface area contributed by atoms with Gasteiger partial charge in [-0.1, -0.05) is 30.3 Å². The molecule has 0 bridgehead atoms. The molecule has 25 heavy (non-hydrogen) atoms. The first-order chi connectivity index (χ1) is 11.9. The van der Waals surface area contributed by atoms with Crippen molar-refractivity contribution in [3.8, 4) is 0 Å². The van der Waals surface area contributed by atoms with E-state index < -0.39 is 9.84 Å². The van der Waals surface area contributed by atoms with Crippen molar-refractivity contribution in [2.45, 2.75) is 19.0 Å². The average molecular weight is 359 g/mol. The first-order valence-electron chi connectivity index (χ1n) is 8.16. The summed E-state index contributed by atoms with van der Waals surface area (Å²) >= 11 is 0. The van der Waals surface area contributed by atoms with Gasteiger partial charge >= 0.3 is 0 Å². The van der Waals surface area contributed by atoms with Crippen LogP contribution in [0.1, 0.15) is 22.5 Å². The molecule has 1 aliphatic heterocycles. The first kappa shape index (κ1) is 17.4. The van der Waals surface area contributed by atoms with Crippen molar-refractivity contribution in [3.63, 3.8) is 0 Å². The van der Waals surface area contributed by atoms with Crippen LogP contribution in [0.2, 0.25) is 0 Å². The fourth-order valence-electron chi connectivity index (χ4n) is 2.92. The van der Waals surface area contributed by atoms with Crippen molar-refractivity contribution >= 4 is 21.4 Å². The fraction of sp³-hybridized carbons (Fsp3) is 0.333. The Morgan fingerprint density at radius 3 is 2.72 bits per heavy atom. The lowest BCUT2D eigenvalue weighted by Gasteiger charge is -2.25. The van der Waals surface area contributed by atoms with Crippen LogP contribution in [0.5, 0.6) is 0 Å². The van der Waals surface area contributed by atoms with Crippen LogP contribution in [-0.4, -0.2) is 43.9 Å². The lowest BCUT2D eigenvalue weighted by Crippen LogP contribution is -2.33. The Labute approximate surface area is 147 Å². The summed E-state index contributed by atoms with van der Waals surface area (Å²) in [7, 11) is -1.10. The van der Waals surface area contributed by atoms with Crippen LogP contribution in [-0.2, 0) is 16.4 Å². The third-order valence-electron chi connectivity index (χ3n) is 4.44. The summed E-state index contributed by atoms with van der Waals surface area (Å²) in [4.78, 5) is 18.4. The van der Waals surface area contributed by atoms with E-state index in [-0.39, 0.29) is 23.5 Å². The monoisotopic (exact) mass is 359 g/mol. The molecule has 0 radical (unpaired) electrons. The molecule has 1 unspecified atom stereocenters. The molecule has 1 saturated heterocycles. The molecule has 0 aliphatic carbocycles. The summed E-state index contributed by atoms with van der Waals surface area (Å²) < 4.78 is 23.3. The molecule has 1 amide bonds. The Bertz CT molecular complexity index is 853. The van der Waals surface area contributed by atoms with Crippen LogP contribution < -0.4 is 10.2 Å². The molecule has 1 aromatic heterocycles. The van der Waals surface area contributed by atoms with E-state index in [9.17, 15) is 13.2 Å². The van der Waals surface area contributed by atoms with Crippen LogP contribution >= 0.6 is 0 Å². The highest BCUT2D eigenvalue weighted by molar-refractivity contribution is 7.91. The van der Waals surface area contributed by atoms with Crippen molar-refractivity contribution < 1.29 is 13.2 Å². The zero-order chi connectivity index (χ0) is 17.9. The summed E-state index contributed by atoms with van der Waals surface area (Å²) in [6.45, 7) is 0.433. The van der Waals surface area contributed by atoms with Gasteiger partial charge in [0, 0.05) is 31.5 Å². The van der Waals surface area contributed by atoms with Gasteiger partial charge in [-0.05, 0) is 24.1 Å². The van der Waals surface area contributed by atoms with Crippen LogP contribution in [0.4, 0.5) is 5.69 Å². The van der Waals surface area contributed by atoms with Gasteiger partial charge in [-0.2, -0.15) is 0 Å². The van der Waals surface area contributed by atoms with Gasteiger partial charge in [-0.3, -0.25) is 9.78 Å². The predicted octanol–water partition coefficient (Wildman–Crippen LogP) is 1.63. The minimum Gasteiger partial charge on any atom is -0.370 e. The van der Waals surface area contributed by atoms with E-state index in [1.54, 1.807) is 18.3 Å². The Hall–Kier alpha value is -2.41. The molecule has 1 atom stereocenters. The van der Waals surface area contributed by atoms with Crippen molar-refractivity contribution in [2.24, 2.45) is 0 Å². The lowest BCUT2D eigenvalue weighted by molar-refractivity contribution is 0.0946. The third kappa shape index (κ3) is 4.36. The fourth-order valence-corrected chi connectivity index (χ4v) is 4.70. The number of amides is 1. The molecule has 1 aliphatic rings. The molecule has 2 heterocycles. The molecule has 1 aromatic carbocycles. The van der Waals surface area contributed by atoms with Gasteiger partial charge in [-0.15, -0.1) is 0 Å². The van der Waals surface area contributed by atoms with E-state index >= 15 is 0 Å². The topological polar surface area (TPSA) is 79.4 Å². The minimum atomic E-state index is -2.95. The summed E-state index contributed by atoms with van der Waals surface area (Å²) in [6.07, 6.45) is 2.18. The van der Waals surface area contributed by atoms with Crippen LogP contribution in [0, 0.1) is 0 Å². The number of rotatable bonds is 5. The van der Waals surface area contributed by atoms with Gasteiger partial charge in [-0.25, -0.2) is 8.42 Å². The number of pyridine rings is 1. The Balaban J connectivity index is 1.67. The number of hydrogen-bond acceptors (Lipinski definition) is 5. The van der Waals surface area contributed by atoms with E-state index in [0.29, 0.717) is 18.7 Å². The predicted molar refractivity (Wildman–Crippen MR) is 97.3 cm³/mol. The second-order valence-electron chi connectivity index (χ2n) is 6.24. The van der Waals surface area contributed by atoms with E-state index in [0.717, 1.165) is 11.3 Å². The van der Waals surface area contributed by atoms with Gasteiger partial charge in [0.25, 0.3) is 5.91 Å². The number of sulfone groups is 1. The molecule has 0 spiro atoms. The Morgan fingerprint density at radius 1 is 1.28 bits per heavy atom. The van der Waals surface area contributed by atoms with Crippen LogP contribution in [0.3, 0.4) is 0 Å². The standard InChI is InChI=1S/C18H21N3O3S/c1-21(16-8-10-25(23,24)13-16)15-7-9-19-17(11-15)18(22)20-12-14-5-3-2-4-6-14/h2-7,9,11,16H,8,10,12-13H2,1H3,(H,20,22). The smallest absolute Gasteiger partial charge is 0.270 e. The molecular formula is C18H21N3O3S. The number of hydrogen-bond donors (Lipinski definition) is 1. The molecule has 3 rings (SSSR count). The second-order valence-corrected chi connectivity index (χ2v) is 8.46. The van der Waals surface area contributed by atoms with Gasteiger partial charge in [0.1, 0.15) is 5.69 Å². The normalized spacial score (nSPS) is 18.7. The number of aromatic nitrogens is 1. The molecule has 2 aromatic rings. The second kappa shape index (κ2) is 7.23. The SMILES string of the molecule is CN(c1ccnc(C(=O)NCc2ccccc2)c1)C1CCS(=O)(=O)C1. The molecule has 0 saturated carbocycles. The zero-order valence-electron chi connectivity index (χ0n) is 14.1. The molecular weight excluding hydrogens is 338 g/mol. The number of benzene rings is 1. The molecule has 132 valence electrons. The highest BCUT2D eigenvalue weighted by Gasteiger charge is 2.31. The quantitative estimate of drug-likeness (QED) is 0.878. The Morgan fingerprint density at radius 2 is 2.04 bits per heavy atom. The molecule has 7 heteroatoms. The number of anilines is 1. The zero-order valence-corrected chi connectivity index (χ0v) is 14.9. The van der Waals surface area contributed by atoms with Gasteiger partial charge < -0.3 is 10.2 Å². The van der Waals surface area contributed by atoms with E-state index in [1.165, 1.54) is 0 Å². The van der Waals surface area contributed by atoms with E-state index in [2.05, 4.69) is 10.3 Å². The largest absolute Gasteiger partial charge is 0.370 e. The van der Waals surface area contributed by atoms with Crippen molar-refractivity contribution in [3.05, 3.63) is 59.9 Å². The van der Waals surface area contributed by atoms with Crippen molar-refractivity contribution in [1.82, 2.24) is 10.3 Å². The maximum atomic E-state index is 12.3.